The quantitative estimate of drug-likeness (QED) is 0.298. The van der Waals surface area contributed by atoms with Crippen LogP contribution in [0.5, 0.6) is 5.75 Å². The van der Waals surface area contributed by atoms with Gasteiger partial charge in [-0.3, -0.25) is 4.79 Å². The van der Waals surface area contributed by atoms with Gasteiger partial charge in [0.1, 0.15) is 5.75 Å². The van der Waals surface area contributed by atoms with E-state index in [-0.39, 0.29) is 12.3 Å². The van der Waals surface area contributed by atoms with Gasteiger partial charge in [-0.1, -0.05) is 36.9 Å². The van der Waals surface area contributed by atoms with Crippen LogP contribution >= 0.6 is 0 Å². The summed E-state index contributed by atoms with van der Waals surface area (Å²) >= 11 is 0. The van der Waals surface area contributed by atoms with Gasteiger partial charge in [-0.2, -0.15) is 5.26 Å². The van der Waals surface area contributed by atoms with Gasteiger partial charge in [0, 0.05) is 18.2 Å². The number of benzene rings is 2. The van der Waals surface area contributed by atoms with Crippen molar-refractivity contribution in [2.45, 2.75) is 45.3 Å². The molecule has 1 amide bonds. The van der Waals surface area contributed by atoms with Crippen molar-refractivity contribution in [1.29, 1.82) is 5.26 Å². The zero-order valence-corrected chi connectivity index (χ0v) is 23.2. The van der Waals surface area contributed by atoms with Crippen LogP contribution in [0, 0.1) is 16.7 Å². The lowest BCUT2D eigenvalue weighted by Gasteiger charge is -2.36. The number of allylic oxidation sites excluding steroid dienone is 1. The first kappa shape index (κ1) is 29.1. The van der Waals surface area contributed by atoms with Gasteiger partial charge in [-0.05, 0) is 68.2 Å². The van der Waals surface area contributed by atoms with Gasteiger partial charge < -0.3 is 25.3 Å². The number of nitrogens with zero attached hydrogens (tertiary/aromatic N) is 2. The second-order valence-corrected chi connectivity index (χ2v) is 10.0. The van der Waals surface area contributed by atoms with E-state index in [2.05, 4.69) is 23.0 Å². The van der Waals surface area contributed by atoms with E-state index in [1.165, 1.54) is 6.34 Å². The number of carbonyl (C=O) groups excluding carboxylic acids is 1. The summed E-state index contributed by atoms with van der Waals surface area (Å²) in [5, 5.41) is 12.3. The normalized spacial score (nSPS) is 18.0. The average molecular weight is 529 g/mol. The number of hydrogen-bond donors (Lipinski definition) is 2. The van der Waals surface area contributed by atoms with E-state index in [0.29, 0.717) is 34.9 Å². The molecule has 0 aliphatic heterocycles. The van der Waals surface area contributed by atoms with Crippen LogP contribution in [0.1, 0.15) is 38.3 Å². The van der Waals surface area contributed by atoms with E-state index in [4.69, 9.17) is 19.9 Å². The van der Waals surface area contributed by atoms with Crippen LogP contribution in [-0.2, 0) is 26.1 Å². The first-order valence-corrected chi connectivity index (χ1v) is 12.6. The smallest absolute Gasteiger partial charge is 0.224 e. The number of methoxy groups -OCH3 is 2. The molecule has 1 aliphatic carbocycles. The number of anilines is 1. The minimum atomic E-state index is -0.781. The Morgan fingerprint density at radius 2 is 1.92 bits per heavy atom. The molecule has 2 aromatic carbocycles. The lowest BCUT2D eigenvalue weighted by Crippen LogP contribution is -2.37. The van der Waals surface area contributed by atoms with Crippen molar-refractivity contribution in [2.75, 3.05) is 19.5 Å². The maximum Gasteiger partial charge on any atom is 0.224 e. The number of hydrogen-bond acceptors (Lipinski definition) is 6. The highest BCUT2D eigenvalue weighted by molar-refractivity contribution is 5.91. The molecule has 8 nitrogen and oxygen atoms in total. The molecule has 2 unspecified atom stereocenters. The second kappa shape index (κ2) is 12.4. The highest BCUT2D eigenvalue weighted by Crippen LogP contribution is 2.42. The molecule has 1 aliphatic rings. The molecular weight excluding hydrogens is 492 g/mol. The third-order valence-electron chi connectivity index (χ3n) is 6.78. The molecule has 39 heavy (non-hydrogen) atoms. The summed E-state index contributed by atoms with van der Waals surface area (Å²) in [5.74, 6) is 1.46. The Hall–Kier alpha value is -4.51. The van der Waals surface area contributed by atoms with Crippen LogP contribution in [0.25, 0.3) is 0 Å². The number of aliphatic imine (C=N–C) groups is 1. The first-order valence-electron chi connectivity index (χ1n) is 12.6. The molecule has 0 saturated carbocycles. The van der Waals surface area contributed by atoms with Crippen molar-refractivity contribution < 1.29 is 19.0 Å². The molecule has 0 fully saturated rings. The molecular formula is C31H36N4O4. The summed E-state index contributed by atoms with van der Waals surface area (Å²) < 4.78 is 17.1. The van der Waals surface area contributed by atoms with Gasteiger partial charge in [0.05, 0.1) is 37.5 Å². The maximum atomic E-state index is 12.7. The van der Waals surface area contributed by atoms with Gasteiger partial charge in [0.2, 0.25) is 12.1 Å². The average Bonchev–Trinajstić information content (AvgIpc) is 2.93. The molecule has 0 bridgehead atoms. The van der Waals surface area contributed by atoms with Crippen LogP contribution in [-0.4, -0.2) is 32.7 Å². The molecule has 204 valence electrons. The van der Waals surface area contributed by atoms with Gasteiger partial charge >= 0.3 is 0 Å². The van der Waals surface area contributed by atoms with E-state index in [9.17, 15) is 10.1 Å². The predicted molar refractivity (Wildman–Crippen MR) is 153 cm³/mol. The third-order valence-corrected chi connectivity index (χ3v) is 6.78. The zero-order valence-electron chi connectivity index (χ0n) is 23.2. The Morgan fingerprint density at radius 3 is 2.59 bits per heavy atom. The van der Waals surface area contributed by atoms with E-state index in [1.807, 2.05) is 51.1 Å². The number of aryl methyl sites for hydroxylation is 1. The van der Waals surface area contributed by atoms with Crippen LogP contribution in [0.15, 0.2) is 89.3 Å². The lowest BCUT2D eigenvalue weighted by molar-refractivity contribution is -0.116. The summed E-state index contributed by atoms with van der Waals surface area (Å²) in [4.78, 5) is 17.1. The van der Waals surface area contributed by atoms with Crippen molar-refractivity contribution >= 4 is 17.9 Å². The second-order valence-electron chi connectivity index (χ2n) is 10.0. The molecule has 3 N–H and O–H groups in total. The summed E-state index contributed by atoms with van der Waals surface area (Å²) in [6.07, 6.45) is 4.91. The minimum absolute atomic E-state index is 0.133. The minimum Gasteiger partial charge on any atom is -0.493 e. The Morgan fingerprint density at radius 1 is 1.21 bits per heavy atom. The molecule has 0 saturated heterocycles. The lowest BCUT2D eigenvalue weighted by atomic mass is 9.77. The van der Waals surface area contributed by atoms with E-state index in [1.54, 1.807) is 44.6 Å². The summed E-state index contributed by atoms with van der Waals surface area (Å²) in [5.41, 5.74) is 7.53. The highest BCUT2D eigenvalue weighted by atomic mass is 16.5. The van der Waals surface area contributed by atoms with Crippen LogP contribution in [0.3, 0.4) is 0 Å². The van der Waals surface area contributed by atoms with Crippen molar-refractivity contribution in [3.05, 3.63) is 95.5 Å². The largest absolute Gasteiger partial charge is 0.493 e. The van der Waals surface area contributed by atoms with Gasteiger partial charge in [0.25, 0.3) is 0 Å². The Bertz CT molecular complexity index is 1350. The first-order chi connectivity index (χ1) is 18.6. The zero-order chi connectivity index (χ0) is 28.6. The van der Waals surface area contributed by atoms with Crippen LogP contribution in [0.2, 0.25) is 0 Å². The number of ether oxygens (including phenoxy) is 3. The fourth-order valence-electron chi connectivity index (χ4n) is 4.19. The Balaban J connectivity index is 1.71. The molecule has 0 spiro atoms. The molecule has 8 heteroatoms. The summed E-state index contributed by atoms with van der Waals surface area (Å²) in [6.45, 7) is 9.86. The monoisotopic (exact) mass is 528 g/mol. The Kier molecular flexibility index (Phi) is 9.20. The third kappa shape index (κ3) is 6.88. The molecule has 0 radical (unpaired) electrons. The van der Waals surface area contributed by atoms with Crippen LogP contribution < -0.4 is 15.8 Å². The number of nitriles is 1. The molecule has 2 atom stereocenters. The summed E-state index contributed by atoms with van der Waals surface area (Å²) in [7, 11) is 3.12. The SMILES string of the molecule is C=C1C=C(OC)C(OC)=CC1(C)C(N=CN)Oc1cccc(NC(=O)CCc2cccc(C(C)(C)C#N)c2)c1. The fraction of sp³-hybridized carbons (Fsp3) is 0.323. The van der Waals surface area contributed by atoms with Crippen LogP contribution in [0.4, 0.5) is 5.69 Å². The molecule has 0 heterocycles. The molecule has 2 aromatic rings. The van der Waals surface area contributed by atoms with Gasteiger partial charge in [0.15, 0.2) is 11.5 Å². The van der Waals surface area contributed by atoms with Gasteiger partial charge in [-0.25, -0.2) is 4.99 Å². The topological polar surface area (TPSA) is 119 Å². The maximum absolute atomic E-state index is 12.7. The van der Waals surface area contributed by atoms with Crippen molar-refractivity contribution in [3.63, 3.8) is 0 Å². The number of carbonyl (C=O) groups is 1. The van der Waals surface area contributed by atoms with Crippen molar-refractivity contribution in [2.24, 2.45) is 16.1 Å². The predicted octanol–water partition coefficient (Wildman–Crippen LogP) is 5.39. The van der Waals surface area contributed by atoms with E-state index < -0.39 is 17.1 Å². The number of amides is 1. The number of nitrogens with one attached hydrogen (secondary N) is 1. The number of nitrogens with two attached hydrogens (primary N) is 1. The molecule has 3 rings (SSSR count). The Labute approximate surface area is 230 Å². The van der Waals surface area contributed by atoms with E-state index in [0.717, 1.165) is 11.1 Å². The van der Waals surface area contributed by atoms with Gasteiger partial charge in [-0.15, -0.1) is 0 Å². The highest BCUT2D eigenvalue weighted by Gasteiger charge is 2.40. The van der Waals surface area contributed by atoms with Crippen molar-refractivity contribution in [3.8, 4) is 11.8 Å². The van der Waals surface area contributed by atoms with Crippen molar-refractivity contribution in [1.82, 2.24) is 0 Å². The van der Waals surface area contributed by atoms with E-state index >= 15 is 0 Å². The summed E-state index contributed by atoms with van der Waals surface area (Å²) in [6, 6.07) is 17.2. The molecule has 0 aromatic heterocycles. The standard InChI is InChI=1S/C31H36N4O4/c1-21-15-26(37-5)27(38-6)18-31(21,4)29(34-20-33)39-25-12-8-11-24(17-25)35-28(36)14-13-22-9-7-10-23(16-22)30(2,3)19-32/h7-12,15-18,20,29H,1,13-14H2,2-6H3,(H2,33,34)(H,35,36). The fourth-order valence-corrected chi connectivity index (χ4v) is 4.19. The number of rotatable bonds is 11.